The van der Waals surface area contributed by atoms with Gasteiger partial charge >= 0.3 is 11.4 Å². The number of para-hydroxylation sites is 1. The van der Waals surface area contributed by atoms with Gasteiger partial charge in [-0.1, -0.05) is 29.5 Å². The van der Waals surface area contributed by atoms with Crippen molar-refractivity contribution in [3.05, 3.63) is 60.9 Å². The van der Waals surface area contributed by atoms with Crippen LogP contribution in [0.1, 0.15) is 0 Å². The second kappa shape index (κ2) is 5.43. The Morgan fingerprint density at radius 3 is 2.77 bits per heavy atom. The van der Waals surface area contributed by atoms with E-state index < -0.39 is 11.4 Å². The zero-order valence-electron chi connectivity index (χ0n) is 11.2. The molecule has 7 heteroatoms. The van der Waals surface area contributed by atoms with Crippen LogP contribution in [-0.4, -0.2) is 13.6 Å². The lowest BCUT2D eigenvalue weighted by molar-refractivity contribution is 0.463. The van der Waals surface area contributed by atoms with Crippen molar-refractivity contribution in [3.8, 4) is 10.9 Å². The largest absolute Gasteiger partial charge is 0.420 e. The minimum Gasteiger partial charge on any atom is -0.369 e. The highest BCUT2D eigenvalue weighted by Crippen LogP contribution is 2.28. The van der Waals surface area contributed by atoms with Gasteiger partial charge in [0, 0.05) is 18.5 Å². The van der Waals surface area contributed by atoms with Crippen LogP contribution in [0.2, 0.25) is 0 Å². The summed E-state index contributed by atoms with van der Waals surface area (Å²) in [6, 6.07) is 15.1. The molecule has 0 aliphatic rings. The van der Waals surface area contributed by atoms with E-state index >= 15 is 0 Å². The maximum atomic E-state index is 12.0. The molecule has 3 aromatic heterocycles. The number of fused-ring (bicyclic) bond motifs is 2. The zero-order chi connectivity index (χ0) is 14.9. The number of nitrogens with zero attached hydrogens (tertiary/aromatic N) is 2. The Morgan fingerprint density at radius 2 is 1.86 bits per heavy atom. The quantitative estimate of drug-likeness (QED) is 0.574. The van der Waals surface area contributed by atoms with E-state index in [9.17, 15) is 4.21 Å². The van der Waals surface area contributed by atoms with Crippen molar-refractivity contribution in [1.82, 2.24) is 9.38 Å². The average Bonchev–Trinajstić information content (AvgIpc) is 3.11. The van der Waals surface area contributed by atoms with Crippen LogP contribution in [0, 0.1) is 0 Å². The number of aromatic nitrogens is 2. The van der Waals surface area contributed by atoms with E-state index in [-0.39, 0.29) is 0 Å². The van der Waals surface area contributed by atoms with E-state index in [2.05, 4.69) is 4.98 Å². The topological polar surface area (TPSA) is 52.8 Å². The fourth-order valence-corrected chi connectivity index (χ4v) is 3.61. The highest BCUT2D eigenvalue weighted by molar-refractivity contribution is 7.76. The second-order valence-electron chi connectivity index (χ2n) is 4.49. The molecule has 0 fully saturated rings. The molecule has 1 aromatic carbocycles. The highest BCUT2D eigenvalue weighted by Gasteiger charge is 2.13. The predicted molar refractivity (Wildman–Crippen MR) is 86.4 cm³/mol. The van der Waals surface area contributed by atoms with Crippen molar-refractivity contribution in [2.24, 2.45) is 0 Å². The summed E-state index contributed by atoms with van der Waals surface area (Å²) < 4.78 is 25.5. The van der Waals surface area contributed by atoms with Gasteiger partial charge in [0.25, 0.3) is 5.19 Å². The number of thiazole rings is 1. The van der Waals surface area contributed by atoms with E-state index in [0.717, 1.165) is 15.7 Å². The second-order valence-corrected chi connectivity index (χ2v) is 6.23. The first-order valence-electron chi connectivity index (χ1n) is 6.49. The minimum atomic E-state index is -1.95. The average molecular weight is 330 g/mol. The Hall–Kier alpha value is -2.38. The lowest BCUT2D eigenvalue weighted by Crippen LogP contribution is -2.07. The Labute approximate surface area is 132 Å². The van der Waals surface area contributed by atoms with Gasteiger partial charge in [-0.25, -0.2) is 4.98 Å². The van der Waals surface area contributed by atoms with Crippen LogP contribution in [0.5, 0.6) is 10.9 Å². The van der Waals surface area contributed by atoms with Gasteiger partial charge in [-0.3, -0.25) is 0 Å². The van der Waals surface area contributed by atoms with Crippen molar-refractivity contribution in [2.45, 2.75) is 0 Å². The molecular weight excluding hydrogens is 320 g/mol. The van der Waals surface area contributed by atoms with Crippen molar-refractivity contribution in [3.63, 3.8) is 0 Å². The molecule has 0 spiro atoms. The van der Waals surface area contributed by atoms with Crippen LogP contribution in [0.4, 0.5) is 0 Å². The van der Waals surface area contributed by atoms with Gasteiger partial charge in [0.15, 0.2) is 5.75 Å². The predicted octanol–water partition coefficient (Wildman–Crippen LogP) is 3.59. The number of rotatable bonds is 4. The molecule has 5 nitrogen and oxygen atoms in total. The van der Waals surface area contributed by atoms with Crippen LogP contribution in [0.15, 0.2) is 60.9 Å². The monoisotopic (exact) mass is 330 g/mol. The molecule has 1 atom stereocenters. The maximum absolute atomic E-state index is 12.0. The number of hydrogen-bond acceptors (Lipinski definition) is 5. The van der Waals surface area contributed by atoms with Gasteiger partial charge in [-0.15, -0.1) is 0 Å². The normalized spacial score (nSPS) is 12.5. The molecule has 0 aliphatic carbocycles. The third-order valence-corrected chi connectivity index (χ3v) is 4.73. The molecule has 22 heavy (non-hydrogen) atoms. The Bertz CT molecular complexity index is 944. The lowest BCUT2D eigenvalue weighted by Gasteiger charge is -2.02. The fraction of sp³-hybridized carbons (Fsp3) is 0. The van der Waals surface area contributed by atoms with Gasteiger partial charge in [-0.2, -0.15) is 4.21 Å². The molecule has 0 bridgehead atoms. The number of hydrogen-bond donors (Lipinski definition) is 0. The third-order valence-electron chi connectivity index (χ3n) is 3.10. The smallest absolute Gasteiger partial charge is 0.369 e. The summed E-state index contributed by atoms with van der Waals surface area (Å²) in [5.74, 6) is 0.500. The molecule has 0 N–H and O–H groups in total. The number of pyridine rings is 1. The number of benzene rings is 1. The van der Waals surface area contributed by atoms with Gasteiger partial charge in [0.1, 0.15) is 0 Å². The van der Waals surface area contributed by atoms with Crippen molar-refractivity contribution >= 4 is 38.4 Å². The summed E-state index contributed by atoms with van der Waals surface area (Å²) >= 11 is -0.618. The van der Waals surface area contributed by atoms with E-state index in [1.165, 1.54) is 11.3 Å². The Balaban J connectivity index is 1.55. The summed E-state index contributed by atoms with van der Waals surface area (Å²) in [5.41, 5.74) is 1.64. The van der Waals surface area contributed by atoms with Crippen LogP contribution < -0.4 is 8.37 Å². The van der Waals surface area contributed by atoms with Gasteiger partial charge < -0.3 is 12.8 Å². The third kappa shape index (κ3) is 2.44. The first-order valence-corrected chi connectivity index (χ1v) is 8.31. The lowest BCUT2D eigenvalue weighted by atomic mass is 10.3. The summed E-state index contributed by atoms with van der Waals surface area (Å²) in [6.45, 7) is 0. The van der Waals surface area contributed by atoms with Crippen molar-refractivity contribution in [2.75, 3.05) is 0 Å². The summed E-state index contributed by atoms with van der Waals surface area (Å²) in [6.07, 6.45) is 3.72. The SMILES string of the molecule is O=S(Oc1nc2ccccc2s1)Oc1ccn2ccccc12. The van der Waals surface area contributed by atoms with E-state index in [1.54, 1.807) is 6.07 Å². The molecule has 110 valence electrons. The molecule has 0 saturated carbocycles. The van der Waals surface area contributed by atoms with Gasteiger partial charge in [0.05, 0.1) is 15.7 Å². The fourth-order valence-electron chi connectivity index (χ4n) is 2.13. The molecule has 0 aliphatic heterocycles. The van der Waals surface area contributed by atoms with Crippen LogP contribution in [0.3, 0.4) is 0 Å². The van der Waals surface area contributed by atoms with Crippen LogP contribution >= 0.6 is 11.3 Å². The molecule has 4 aromatic rings. The first kappa shape index (κ1) is 13.3. The molecule has 0 radical (unpaired) electrons. The molecular formula is C15H10N2O3S2. The highest BCUT2D eigenvalue weighted by atomic mass is 32.2. The molecule has 4 rings (SSSR count). The zero-order valence-corrected chi connectivity index (χ0v) is 12.8. The molecule has 0 amide bonds. The van der Waals surface area contributed by atoms with Crippen molar-refractivity contribution < 1.29 is 12.6 Å². The molecule has 0 saturated heterocycles. The summed E-state index contributed by atoms with van der Waals surface area (Å²) in [5, 5.41) is 0.322. The Kier molecular flexibility index (Phi) is 3.28. The Morgan fingerprint density at radius 1 is 1.00 bits per heavy atom. The minimum absolute atomic E-state index is 0.322. The van der Waals surface area contributed by atoms with E-state index in [1.807, 2.05) is 59.3 Å². The van der Waals surface area contributed by atoms with Crippen LogP contribution in [0.25, 0.3) is 15.7 Å². The van der Waals surface area contributed by atoms with Crippen LogP contribution in [-0.2, 0) is 11.4 Å². The standard InChI is InChI=1S/C15H10N2O3S2/c18-22(19-13-8-10-17-9-4-3-6-12(13)17)20-15-16-11-5-1-2-7-14(11)21-15/h1-10H. The summed E-state index contributed by atoms with van der Waals surface area (Å²) in [4.78, 5) is 4.26. The maximum Gasteiger partial charge on any atom is 0.420 e. The van der Waals surface area contributed by atoms with E-state index in [0.29, 0.717) is 10.9 Å². The molecule has 1 unspecified atom stereocenters. The van der Waals surface area contributed by atoms with Gasteiger partial charge in [0.2, 0.25) is 0 Å². The van der Waals surface area contributed by atoms with Crippen molar-refractivity contribution in [1.29, 1.82) is 0 Å². The van der Waals surface area contributed by atoms with E-state index in [4.69, 9.17) is 8.37 Å². The molecule has 3 heterocycles. The summed E-state index contributed by atoms with van der Waals surface area (Å²) in [7, 11) is 0. The van der Waals surface area contributed by atoms with Gasteiger partial charge in [-0.05, 0) is 24.3 Å². The first-order chi connectivity index (χ1) is 10.8.